The second kappa shape index (κ2) is 4.75. The SMILES string of the molecule is CC1CCCN(c2ncc(C=O)s2)CC1. The van der Waals surface area contributed by atoms with Crippen molar-refractivity contribution in [3.8, 4) is 0 Å². The molecule has 1 aliphatic rings. The fourth-order valence-electron chi connectivity index (χ4n) is 1.93. The third-order valence-corrected chi connectivity index (χ3v) is 3.90. The van der Waals surface area contributed by atoms with Crippen LogP contribution < -0.4 is 4.90 Å². The van der Waals surface area contributed by atoms with Gasteiger partial charge in [-0.2, -0.15) is 0 Å². The lowest BCUT2D eigenvalue weighted by Gasteiger charge is -2.18. The minimum atomic E-state index is 0.724. The van der Waals surface area contributed by atoms with E-state index in [1.807, 2.05) is 0 Å². The molecule has 0 spiro atoms. The molecule has 1 aromatic heterocycles. The lowest BCUT2D eigenvalue weighted by atomic mass is 10.0. The summed E-state index contributed by atoms with van der Waals surface area (Å²) in [7, 11) is 0. The van der Waals surface area contributed by atoms with Crippen LogP contribution in [0.5, 0.6) is 0 Å². The average Bonchev–Trinajstić information content (AvgIpc) is 2.62. The normalized spacial score (nSPS) is 22.5. The van der Waals surface area contributed by atoms with Gasteiger partial charge in [-0.1, -0.05) is 18.3 Å². The van der Waals surface area contributed by atoms with Crippen molar-refractivity contribution in [2.75, 3.05) is 18.0 Å². The lowest BCUT2D eigenvalue weighted by molar-refractivity contribution is 0.112. The maximum Gasteiger partial charge on any atom is 0.185 e. The number of nitrogens with zero attached hydrogens (tertiary/aromatic N) is 2. The van der Waals surface area contributed by atoms with Crippen LogP contribution in [-0.2, 0) is 0 Å². The molecular weight excluding hydrogens is 208 g/mol. The lowest BCUT2D eigenvalue weighted by Crippen LogP contribution is -2.23. The van der Waals surface area contributed by atoms with Crippen LogP contribution >= 0.6 is 11.3 Å². The molecule has 2 heterocycles. The van der Waals surface area contributed by atoms with Crippen LogP contribution in [0.3, 0.4) is 0 Å². The van der Waals surface area contributed by atoms with Crippen LogP contribution in [0.25, 0.3) is 0 Å². The fraction of sp³-hybridized carbons (Fsp3) is 0.636. The molecule has 1 fully saturated rings. The first-order valence-corrected chi connectivity index (χ1v) is 6.27. The van der Waals surface area contributed by atoms with Crippen LogP contribution in [0.2, 0.25) is 0 Å². The van der Waals surface area contributed by atoms with E-state index < -0.39 is 0 Å². The summed E-state index contributed by atoms with van der Waals surface area (Å²) in [5.74, 6) is 0.820. The number of hydrogen-bond acceptors (Lipinski definition) is 4. The number of carbonyl (C=O) groups excluding carboxylic acids is 1. The Balaban J connectivity index is 2.06. The zero-order valence-electron chi connectivity index (χ0n) is 8.98. The molecule has 0 saturated carbocycles. The molecule has 1 aliphatic heterocycles. The predicted octanol–water partition coefficient (Wildman–Crippen LogP) is 2.58. The number of anilines is 1. The number of rotatable bonds is 2. The highest BCUT2D eigenvalue weighted by Crippen LogP contribution is 2.25. The maximum absolute atomic E-state index is 10.6. The van der Waals surface area contributed by atoms with Gasteiger partial charge in [-0.15, -0.1) is 0 Å². The van der Waals surface area contributed by atoms with E-state index in [2.05, 4.69) is 16.8 Å². The summed E-state index contributed by atoms with van der Waals surface area (Å²) in [6, 6.07) is 0. The van der Waals surface area contributed by atoms with Gasteiger partial charge in [-0.25, -0.2) is 4.98 Å². The van der Waals surface area contributed by atoms with E-state index in [1.54, 1.807) is 6.20 Å². The van der Waals surface area contributed by atoms with Gasteiger partial charge >= 0.3 is 0 Å². The van der Waals surface area contributed by atoms with Gasteiger partial charge in [0, 0.05) is 13.1 Å². The number of aromatic nitrogens is 1. The summed E-state index contributed by atoms with van der Waals surface area (Å²) in [6.45, 7) is 4.46. The van der Waals surface area contributed by atoms with Crippen molar-refractivity contribution in [3.63, 3.8) is 0 Å². The van der Waals surface area contributed by atoms with E-state index in [-0.39, 0.29) is 0 Å². The Morgan fingerprint density at radius 2 is 2.40 bits per heavy atom. The second-order valence-electron chi connectivity index (χ2n) is 4.19. The number of aldehydes is 1. The molecule has 1 atom stereocenters. The molecule has 3 nitrogen and oxygen atoms in total. The smallest absolute Gasteiger partial charge is 0.185 e. The molecule has 2 rings (SSSR count). The Labute approximate surface area is 94.1 Å². The molecule has 4 heteroatoms. The molecule has 0 N–H and O–H groups in total. The molecule has 0 aliphatic carbocycles. The Hall–Kier alpha value is -0.900. The minimum Gasteiger partial charge on any atom is -0.348 e. The number of carbonyl (C=O) groups is 1. The highest BCUT2D eigenvalue weighted by Gasteiger charge is 2.16. The highest BCUT2D eigenvalue weighted by molar-refractivity contribution is 7.17. The summed E-state index contributed by atoms with van der Waals surface area (Å²) in [4.78, 5) is 17.9. The monoisotopic (exact) mass is 224 g/mol. The fourth-order valence-corrected chi connectivity index (χ4v) is 2.71. The molecule has 0 aromatic carbocycles. The van der Waals surface area contributed by atoms with Crippen molar-refractivity contribution in [2.45, 2.75) is 26.2 Å². The van der Waals surface area contributed by atoms with Crippen LogP contribution in [0.1, 0.15) is 35.9 Å². The Morgan fingerprint density at radius 1 is 1.53 bits per heavy atom. The summed E-state index contributed by atoms with van der Waals surface area (Å²) >= 11 is 1.50. The summed E-state index contributed by atoms with van der Waals surface area (Å²) in [5, 5.41) is 1.01. The largest absolute Gasteiger partial charge is 0.348 e. The average molecular weight is 224 g/mol. The van der Waals surface area contributed by atoms with Gasteiger partial charge in [0.2, 0.25) is 0 Å². The summed E-state index contributed by atoms with van der Waals surface area (Å²) in [6.07, 6.45) is 6.32. The molecule has 15 heavy (non-hydrogen) atoms. The quantitative estimate of drug-likeness (QED) is 0.724. The Morgan fingerprint density at radius 3 is 3.13 bits per heavy atom. The van der Waals surface area contributed by atoms with Gasteiger partial charge in [0.1, 0.15) is 0 Å². The van der Waals surface area contributed by atoms with Crippen molar-refractivity contribution >= 4 is 22.8 Å². The summed E-state index contributed by atoms with van der Waals surface area (Å²) in [5.41, 5.74) is 0. The zero-order chi connectivity index (χ0) is 10.7. The third kappa shape index (κ3) is 2.56. The molecular formula is C11H16N2OS. The van der Waals surface area contributed by atoms with Gasteiger partial charge in [-0.3, -0.25) is 4.79 Å². The first kappa shape index (κ1) is 10.6. The molecule has 0 bridgehead atoms. The van der Waals surface area contributed by atoms with Gasteiger partial charge in [-0.05, 0) is 25.2 Å². The van der Waals surface area contributed by atoms with Crippen LogP contribution in [0.4, 0.5) is 5.13 Å². The minimum absolute atomic E-state index is 0.724. The third-order valence-electron chi connectivity index (χ3n) is 2.91. The van der Waals surface area contributed by atoms with Crippen LogP contribution in [-0.4, -0.2) is 24.4 Å². The van der Waals surface area contributed by atoms with Crippen molar-refractivity contribution < 1.29 is 4.79 Å². The van der Waals surface area contributed by atoms with Gasteiger partial charge in [0.15, 0.2) is 11.4 Å². The Kier molecular flexibility index (Phi) is 3.36. The van der Waals surface area contributed by atoms with Crippen molar-refractivity contribution in [2.24, 2.45) is 5.92 Å². The van der Waals surface area contributed by atoms with Crippen molar-refractivity contribution in [1.82, 2.24) is 4.98 Å². The summed E-state index contributed by atoms with van der Waals surface area (Å²) < 4.78 is 0. The van der Waals surface area contributed by atoms with E-state index in [0.717, 1.165) is 35.3 Å². The molecule has 0 radical (unpaired) electrons. The van der Waals surface area contributed by atoms with Gasteiger partial charge < -0.3 is 4.90 Å². The van der Waals surface area contributed by atoms with E-state index in [4.69, 9.17) is 0 Å². The van der Waals surface area contributed by atoms with Crippen molar-refractivity contribution in [1.29, 1.82) is 0 Å². The van der Waals surface area contributed by atoms with Gasteiger partial charge in [0.25, 0.3) is 0 Å². The predicted molar refractivity (Wildman–Crippen MR) is 62.7 cm³/mol. The standard InChI is InChI=1S/C11H16N2OS/c1-9-3-2-5-13(6-4-9)11-12-7-10(8-14)15-11/h7-9H,2-6H2,1H3. The van der Waals surface area contributed by atoms with Crippen molar-refractivity contribution in [3.05, 3.63) is 11.1 Å². The van der Waals surface area contributed by atoms with Crippen LogP contribution in [0, 0.1) is 5.92 Å². The van der Waals surface area contributed by atoms with E-state index in [1.165, 1.54) is 30.6 Å². The number of thiazole rings is 1. The molecule has 82 valence electrons. The molecule has 0 amide bonds. The first-order valence-electron chi connectivity index (χ1n) is 5.45. The second-order valence-corrected chi connectivity index (χ2v) is 5.23. The zero-order valence-corrected chi connectivity index (χ0v) is 9.80. The molecule has 1 saturated heterocycles. The molecule has 1 unspecified atom stereocenters. The first-order chi connectivity index (χ1) is 7.29. The number of hydrogen-bond donors (Lipinski definition) is 0. The van der Waals surface area contributed by atoms with Gasteiger partial charge in [0.05, 0.1) is 11.1 Å². The van der Waals surface area contributed by atoms with E-state index >= 15 is 0 Å². The molecule has 1 aromatic rings. The van der Waals surface area contributed by atoms with E-state index in [9.17, 15) is 4.79 Å². The van der Waals surface area contributed by atoms with E-state index in [0.29, 0.717) is 0 Å². The maximum atomic E-state index is 10.6. The van der Waals surface area contributed by atoms with Crippen LogP contribution in [0.15, 0.2) is 6.20 Å². The Bertz CT molecular complexity index is 337. The highest BCUT2D eigenvalue weighted by atomic mass is 32.1. The topological polar surface area (TPSA) is 33.2 Å².